The van der Waals surface area contributed by atoms with Gasteiger partial charge in [0.15, 0.2) is 0 Å². The lowest BCUT2D eigenvalue weighted by Crippen LogP contribution is -2.50. The summed E-state index contributed by atoms with van der Waals surface area (Å²) in [6, 6.07) is 0. The van der Waals surface area contributed by atoms with E-state index in [0.717, 1.165) is 19.3 Å². The first-order valence-electron chi connectivity index (χ1n) is 9.59. The Morgan fingerprint density at radius 3 is 1.30 bits per heavy atom. The second kappa shape index (κ2) is 15.4. The smallest absolute Gasteiger partial charge is 0.0945 e. The highest BCUT2D eigenvalue weighted by Crippen LogP contribution is 2.12. The fourth-order valence-electron chi connectivity index (χ4n) is 3.27. The molecule has 0 saturated heterocycles. The molecule has 0 spiro atoms. The van der Waals surface area contributed by atoms with E-state index in [1.165, 1.54) is 56.3 Å². The topological polar surface area (TPSA) is 57.2 Å². The van der Waals surface area contributed by atoms with Crippen LogP contribution in [0.3, 0.4) is 0 Å². The van der Waals surface area contributed by atoms with E-state index in [0.29, 0.717) is 6.42 Å². The van der Waals surface area contributed by atoms with E-state index < -0.39 is 10.1 Å². The molecule has 0 saturated carbocycles. The lowest BCUT2D eigenvalue weighted by molar-refractivity contribution is -0.928. The van der Waals surface area contributed by atoms with E-state index in [2.05, 4.69) is 27.7 Å². The molecule has 0 radical (unpaired) electrons. The van der Waals surface area contributed by atoms with Crippen LogP contribution in [0.15, 0.2) is 0 Å². The van der Waals surface area contributed by atoms with E-state index in [-0.39, 0.29) is 5.75 Å². The summed E-state index contributed by atoms with van der Waals surface area (Å²) in [5.74, 6) is -0.201. The Balaban J connectivity index is 0. The number of rotatable bonds is 13. The predicted octanol–water partition coefficient (Wildman–Crippen LogP) is 4.56. The van der Waals surface area contributed by atoms with Crippen LogP contribution in [0.1, 0.15) is 86.0 Å². The largest absolute Gasteiger partial charge is 0.748 e. The van der Waals surface area contributed by atoms with E-state index in [9.17, 15) is 13.0 Å². The van der Waals surface area contributed by atoms with Gasteiger partial charge in [-0.25, -0.2) is 8.42 Å². The molecule has 0 heterocycles. The van der Waals surface area contributed by atoms with Crippen LogP contribution in [0.25, 0.3) is 0 Å². The Morgan fingerprint density at radius 2 is 1.04 bits per heavy atom. The highest BCUT2D eigenvalue weighted by Gasteiger charge is 2.22. The first-order chi connectivity index (χ1) is 10.8. The van der Waals surface area contributed by atoms with Crippen molar-refractivity contribution in [1.82, 2.24) is 0 Å². The van der Waals surface area contributed by atoms with Gasteiger partial charge < -0.3 is 9.04 Å². The summed E-state index contributed by atoms with van der Waals surface area (Å²) in [5, 5.41) is 0. The van der Waals surface area contributed by atoms with Crippen molar-refractivity contribution in [2.75, 3.05) is 31.9 Å². The third-order valence-corrected chi connectivity index (χ3v) is 4.83. The normalized spacial score (nSPS) is 11.9. The van der Waals surface area contributed by atoms with Crippen molar-refractivity contribution >= 4 is 10.1 Å². The Bertz CT molecular complexity index is 313. The summed E-state index contributed by atoms with van der Waals surface area (Å²) >= 11 is 0. The molecule has 0 rings (SSSR count). The number of quaternary nitrogens is 1. The quantitative estimate of drug-likeness (QED) is 0.278. The van der Waals surface area contributed by atoms with Gasteiger partial charge in [-0.2, -0.15) is 0 Å². The van der Waals surface area contributed by atoms with E-state index in [1.54, 1.807) is 0 Å². The van der Waals surface area contributed by atoms with Crippen molar-refractivity contribution in [2.45, 2.75) is 86.0 Å². The molecule has 0 unspecified atom stereocenters. The zero-order valence-electron chi connectivity index (χ0n) is 16.3. The number of hydrogen-bond donors (Lipinski definition) is 0. The van der Waals surface area contributed by atoms with E-state index in [4.69, 9.17) is 0 Å². The van der Waals surface area contributed by atoms with Gasteiger partial charge in [-0.05, 0) is 32.1 Å². The molecule has 0 aromatic carbocycles. The first-order valence-corrected chi connectivity index (χ1v) is 11.2. The average Bonchev–Trinajstić information content (AvgIpc) is 2.44. The van der Waals surface area contributed by atoms with Crippen LogP contribution in [-0.2, 0) is 10.1 Å². The van der Waals surface area contributed by atoms with Crippen LogP contribution in [0, 0.1) is 0 Å². The molecule has 0 aromatic heterocycles. The van der Waals surface area contributed by atoms with Crippen molar-refractivity contribution in [1.29, 1.82) is 0 Å². The van der Waals surface area contributed by atoms with Gasteiger partial charge in [0.05, 0.1) is 36.3 Å². The molecule has 0 aromatic rings. The van der Waals surface area contributed by atoms with Crippen molar-refractivity contribution in [3.63, 3.8) is 0 Å². The first kappa shape index (κ1) is 25.1. The lowest BCUT2D eigenvalue weighted by atomic mass is 10.2. The van der Waals surface area contributed by atoms with Crippen LogP contribution in [-0.4, -0.2) is 49.4 Å². The van der Waals surface area contributed by atoms with Gasteiger partial charge in [0, 0.05) is 5.75 Å². The summed E-state index contributed by atoms with van der Waals surface area (Å²) in [7, 11) is -3.95. The molecule has 0 aliphatic carbocycles. The van der Waals surface area contributed by atoms with Gasteiger partial charge in [0.1, 0.15) is 0 Å². The van der Waals surface area contributed by atoms with Gasteiger partial charge in [0.25, 0.3) is 0 Å². The summed E-state index contributed by atoms with van der Waals surface area (Å²) in [5.41, 5.74) is 0. The van der Waals surface area contributed by atoms with Gasteiger partial charge in [-0.15, -0.1) is 0 Å². The number of hydrogen-bond acceptors (Lipinski definition) is 3. The SMILES string of the molecule is CCCCCCS(=O)(=O)[O-].CCC[N+](CCC)(CCC)CCC. The molecule has 0 atom stereocenters. The van der Waals surface area contributed by atoms with Crippen molar-refractivity contribution in [3.05, 3.63) is 0 Å². The summed E-state index contributed by atoms with van der Waals surface area (Å²) in [6.45, 7) is 16.8. The predicted molar refractivity (Wildman–Crippen MR) is 99.6 cm³/mol. The van der Waals surface area contributed by atoms with Crippen LogP contribution in [0.4, 0.5) is 0 Å². The minimum atomic E-state index is -3.95. The third kappa shape index (κ3) is 16.5. The van der Waals surface area contributed by atoms with Crippen LogP contribution < -0.4 is 0 Å². The summed E-state index contributed by atoms with van der Waals surface area (Å²) in [6.07, 6.45) is 8.76. The maximum Gasteiger partial charge on any atom is 0.0945 e. The third-order valence-electron chi connectivity index (χ3n) is 4.04. The molecular formula is C18H41NO3S. The Hall–Kier alpha value is -0.130. The van der Waals surface area contributed by atoms with Crippen LogP contribution in [0.2, 0.25) is 0 Å². The van der Waals surface area contributed by atoms with Gasteiger partial charge >= 0.3 is 0 Å². The highest BCUT2D eigenvalue weighted by atomic mass is 32.2. The fraction of sp³-hybridized carbons (Fsp3) is 1.00. The van der Waals surface area contributed by atoms with Gasteiger partial charge in [-0.1, -0.05) is 53.9 Å². The fourth-order valence-corrected chi connectivity index (χ4v) is 3.83. The molecule has 0 aliphatic rings. The Morgan fingerprint density at radius 1 is 0.652 bits per heavy atom. The maximum absolute atomic E-state index is 10.0. The lowest BCUT2D eigenvalue weighted by Gasteiger charge is -2.38. The number of nitrogens with zero attached hydrogens (tertiary/aromatic N) is 1. The Kier molecular flexibility index (Phi) is 16.8. The maximum atomic E-state index is 10.0. The standard InChI is InChI=1S/C12H28N.C6H14O3S/c1-5-9-13(10-6-2,11-7-3)12-8-4;1-2-3-4-5-6-10(7,8)9/h5-12H2,1-4H3;2-6H2,1H3,(H,7,8,9)/q+1;/p-1. The molecule has 23 heavy (non-hydrogen) atoms. The molecule has 0 bridgehead atoms. The second-order valence-electron chi connectivity index (χ2n) is 6.56. The minimum absolute atomic E-state index is 0.201. The summed E-state index contributed by atoms with van der Waals surface area (Å²) in [4.78, 5) is 0. The van der Waals surface area contributed by atoms with E-state index >= 15 is 0 Å². The molecule has 0 aliphatic heterocycles. The molecule has 142 valence electrons. The monoisotopic (exact) mass is 351 g/mol. The molecule has 0 N–H and O–H groups in total. The molecule has 0 fully saturated rings. The van der Waals surface area contributed by atoms with Crippen molar-refractivity contribution in [2.24, 2.45) is 0 Å². The van der Waals surface area contributed by atoms with Gasteiger partial charge in [0.2, 0.25) is 0 Å². The van der Waals surface area contributed by atoms with E-state index in [1.807, 2.05) is 6.92 Å². The number of unbranched alkanes of at least 4 members (excludes halogenated alkanes) is 3. The van der Waals surface area contributed by atoms with Crippen LogP contribution in [0.5, 0.6) is 0 Å². The average molecular weight is 352 g/mol. The minimum Gasteiger partial charge on any atom is -0.748 e. The van der Waals surface area contributed by atoms with Gasteiger partial charge in [-0.3, -0.25) is 0 Å². The zero-order chi connectivity index (χ0) is 18.2. The molecule has 4 nitrogen and oxygen atoms in total. The molecule has 0 amide bonds. The zero-order valence-corrected chi connectivity index (χ0v) is 17.1. The Labute approximate surface area is 146 Å². The van der Waals surface area contributed by atoms with Crippen molar-refractivity contribution in [3.8, 4) is 0 Å². The van der Waals surface area contributed by atoms with Crippen LogP contribution >= 0.6 is 0 Å². The molecular weight excluding hydrogens is 310 g/mol. The van der Waals surface area contributed by atoms with Crippen molar-refractivity contribution < 1.29 is 17.5 Å². The summed E-state index contributed by atoms with van der Waals surface area (Å²) < 4.78 is 31.5. The highest BCUT2D eigenvalue weighted by molar-refractivity contribution is 7.85. The second-order valence-corrected chi connectivity index (χ2v) is 8.08. The molecule has 5 heteroatoms.